The quantitative estimate of drug-likeness (QED) is 0.709. The molecule has 1 atom stereocenters. The van der Waals surface area contributed by atoms with Crippen LogP contribution in [0.2, 0.25) is 0 Å². The second-order valence-electron chi connectivity index (χ2n) is 4.93. The van der Waals surface area contributed by atoms with Crippen LogP contribution in [0.3, 0.4) is 0 Å². The normalized spacial score (nSPS) is 15.3. The molecular weight excluding hydrogens is 210 g/mol. The summed E-state index contributed by atoms with van der Waals surface area (Å²) < 4.78 is 25.2. The third kappa shape index (κ3) is 4.51. The molecule has 0 aromatic carbocycles. The predicted molar refractivity (Wildman–Crippen MR) is 65.4 cm³/mol. The van der Waals surface area contributed by atoms with Gasteiger partial charge in [0.1, 0.15) is 0 Å². The van der Waals surface area contributed by atoms with E-state index in [9.17, 15) is 8.42 Å². The van der Waals surface area contributed by atoms with Gasteiger partial charge in [-0.1, -0.05) is 13.8 Å². The largest absolute Gasteiger partial charge is 0.216 e. The van der Waals surface area contributed by atoms with Crippen LogP contribution in [0, 0.1) is 5.92 Å². The van der Waals surface area contributed by atoms with Crippen molar-refractivity contribution < 1.29 is 8.42 Å². The van der Waals surface area contributed by atoms with Crippen LogP contribution >= 0.6 is 0 Å². The molecule has 0 aromatic heterocycles. The van der Waals surface area contributed by atoms with Gasteiger partial charge in [0.05, 0.1) is 5.25 Å². The highest BCUT2D eigenvalue weighted by Crippen LogP contribution is 2.16. The summed E-state index contributed by atoms with van der Waals surface area (Å²) in [4.78, 5) is 0. The molecular formula is C11H25NO2S. The van der Waals surface area contributed by atoms with Crippen LogP contribution in [0.1, 0.15) is 47.5 Å². The molecule has 0 saturated carbocycles. The number of hydrogen-bond donors (Lipinski definition) is 0. The number of sulfonamides is 1. The zero-order valence-corrected chi connectivity index (χ0v) is 11.6. The Morgan fingerprint density at radius 3 is 1.80 bits per heavy atom. The zero-order valence-electron chi connectivity index (χ0n) is 10.8. The summed E-state index contributed by atoms with van der Waals surface area (Å²) in [6.07, 6.45) is 2.00. The lowest BCUT2D eigenvalue weighted by Gasteiger charge is -2.26. The van der Waals surface area contributed by atoms with E-state index in [1.54, 1.807) is 20.9 Å². The molecule has 15 heavy (non-hydrogen) atoms. The van der Waals surface area contributed by atoms with E-state index in [4.69, 9.17) is 0 Å². The molecule has 4 heteroatoms. The van der Waals surface area contributed by atoms with Crippen LogP contribution in [0.25, 0.3) is 0 Å². The van der Waals surface area contributed by atoms with Crippen molar-refractivity contribution in [2.75, 3.05) is 7.05 Å². The van der Waals surface area contributed by atoms with Gasteiger partial charge >= 0.3 is 0 Å². The Kier molecular flexibility index (Phi) is 5.81. The van der Waals surface area contributed by atoms with Gasteiger partial charge in [-0.3, -0.25) is 0 Å². The molecule has 0 rings (SSSR count). The van der Waals surface area contributed by atoms with Gasteiger partial charge in [0.25, 0.3) is 0 Å². The average molecular weight is 235 g/mol. The van der Waals surface area contributed by atoms with Crippen LogP contribution in [-0.4, -0.2) is 31.1 Å². The molecule has 0 amide bonds. The van der Waals surface area contributed by atoms with Gasteiger partial charge < -0.3 is 0 Å². The smallest absolute Gasteiger partial charge is 0.212 e. The van der Waals surface area contributed by atoms with Gasteiger partial charge in [0, 0.05) is 13.1 Å². The maximum absolute atomic E-state index is 11.8. The van der Waals surface area contributed by atoms with Crippen LogP contribution in [0.5, 0.6) is 0 Å². The fraction of sp³-hybridized carbons (Fsp3) is 1.00. The van der Waals surface area contributed by atoms with Gasteiger partial charge in [-0.15, -0.1) is 0 Å². The van der Waals surface area contributed by atoms with E-state index in [1.807, 2.05) is 6.92 Å². The van der Waals surface area contributed by atoms with Crippen LogP contribution in [0.4, 0.5) is 0 Å². The molecule has 0 aliphatic rings. The molecule has 0 bridgehead atoms. The van der Waals surface area contributed by atoms with Crippen molar-refractivity contribution in [2.45, 2.75) is 58.8 Å². The van der Waals surface area contributed by atoms with Gasteiger partial charge in [-0.2, -0.15) is 0 Å². The first-order valence-corrected chi connectivity index (χ1v) is 7.16. The van der Waals surface area contributed by atoms with E-state index in [2.05, 4.69) is 13.8 Å². The maximum atomic E-state index is 11.8. The van der Waals surface area contributed by atoms with Crippen LogP contribution in [-0.2, 0) is 10.0 Å². The molecule has 3 nitrogen and oxygen atoms in total. The number of hydrogen-bond acceptors (Lipinski definition) is 2. The third-order valence-corrected chi connectivity index (χ3v) is 5.13. The number of rotatable bonds is 6. The molecule has 0 N–H and O–H groups in total. The topological polar surface area (TPSA) is 37.4 Å². The summed E-state index contributed by atoms with van der Waals surface area (Å²) in [5.74, 6) is 0.627. The highest BCUT2D eigenvalue weighted by molar-refractivity contribution is 7.89. The SMILES string of the molecule is CC(C)CC[C@H](C)N(C)S(=O)(=O)C(C)C. The van der Waals surface area contributed by atoms with Gasteiger partial charge in [0.2, 0.25) is 10.0 Å². The molecule has 0 radical (unpaired) electrons. The maximum Gasteiger partial charge on any atom is 0.216 e. The molecule has 0 unspecified atom stereocenters. The lowest BCUT2D eigenvalue weighted by Crippen LogP contribution is -2.39. The summed E-state index contributed by atoms with van der Waals surface area (Å²) in [6.45, 7) is 9.73. The third-order valence-electron chi connectivity index (χ3n) is 2.78. The Hall–Kier alpha value is -0.0900. The lowest BCUT2D eigenvalue weighted by atomic mass is 10.0. The van der Waals surface area contributed by atoms with Crippen LogP contribution < -0.4 is 0 Å². The van der Waals surface area contributed by atoms with Crippen LogP contribution in [0.15, 0.2) is 0 Å². The molecule has 0 aliphatic heterocycles. The average Bonchev–Trinajstić information content (AvgIpc) is 2.12. The Morgan fingerprint density at radius 2 is 1.47 bits per heavy atom. The minimum absolute atomic E-state index is 0.0970. The Bertz CT molecular complexity index is 270. The van der Waals surface area contributed by atoms with E-state index >= 15 is 0 Å². The minimum Gasteiger partial charge on any atom is -0.212 e. The molecule has 0 spiro atoms. The van der Waals surface area contributed by atoms with Gasteiger partial charge in [0.15, 0.2) is 0 Å². The van der Waals surface area contributed by atoms with Gasteiger partial charge in [-0.05, 0) is 39.5 Å². The Labute approximate surface area is 94.9 Å². The fourth-order valence-electron chi connectivity index (χ4n) is 1.34. The van der Waals surface area contributed by atoms with E-state index in [-0.39, 0.29) is 11.3 Å². The summed E-state index contributed by atoms with van der Waals surface area (Å²) >= 11 is 0. The Morgan fingerprint density at radius 1 is 1.00 bits per heavy atom. The summed E-state index contributed by atoms with van der Waals surface area (Å²) in [5.41, 5.74) is 0. The van der Waals surface area contributed by atoms with Gasteiger partial charge in [-0.25, -0.2) is 12.7 Å². The summed E-state index contributed by atoms with van der Waals surface area (Å²) in [5, 5.41) is -0.330. The monoisotopic (exact) mass is 235 g/mol. The van der Waals surface area contributed by atoms with Crippen molar-refractivity contribution >= 4 is 10.0 Å². The van der Waals surface area contributed by atoms with Crippen molar-refractivity contribution in [1.29, 1.82) is 0 Å². The molecule has 92 valence electrons. The van der Waals surface area contributed by atoms with Crippen molar-refractivity contribution in [3.05, 3.63) is 0 Å². The summed E-state index contributed by atoms with van der Waals surface area (Å²) in [7, 11) is -1.41. The zero-order chi connectivity index (χ0) is 12.2. The highest BCUT2D eigenvalue weighted by Gasteiger charge is 2.26. The first-order chi connectivity index (χ1) is 6.69. The molecule has 0 aliphatic carbocycles. The first-order valence-electron chi connectivity index (χ1n) is 5.66. The molecule has 0 heterocycles. The standard InChI is InChI=1S/C11H25NO2S/c1-9(2)7-8-11(5)12(6)15(13,14)10(3)4/h9-11H,7-8H2,1-6H3/t11-/m0/s1. The van der Waals surface area contributed by atoms with Crippen molar-refractivity contribution in [2.24, 2.45) is 5.92 Å². The van der Waals surface area contributed by atoms with E-state index in [1.165, 1.54) is 4.31 Å². The summed E-state index contributed by atoms with van der Waals surface area (Å²) in [6, 6.07) is 0.0970. The molecule has 0 fully saturated rings. The van der Waals surface area contributed by atoms with Crippen molar-refractivity contribution in [3.8, 4) is 0 Å². The predicted octanol–water partition coefficient (Wildman–Crippen LogP) is 2.48. The second kappa shape index (κ2) is 5.85. The highest BCUT2D eigenvalue weighted by atomic mass is 32.2. The van der Waals surface area contributed by atoms with Crippen molar-refractivity contribution in [1.82, 2.24) is 4.31 Å². The molecule has 0 saturated heterocycles. The van der Waals surface area contributed by atoms with Crippen molar-refractivity contribution in [3.63, 3.8) is 0 Å². The first kappa shape index (κ1) is 14.9. The second-order valence-corrected chi connectivity index (χ2v) is 7.48. The van der Waals surface area contributed by atoms with E-state index in [0.717, 1.165) is 12.8 Å². The Balaban J connectivity index is 4.38. The fourth-order valence-corrected chi connectivity index (χ4v) is 2.61. The molecule has 0 aromatic rings. The van der Waals surface area contributed by atoms with E-state index < -0.39 is 10.0 Å². The lowest BCUT2D eigenvalue weighted by molar-refractivity contribution is 0.346. The minimum atomic E-state index is -3.09. The number of nitrogens with zero attached hydrogens (tertiary/aromatic N) is 1. The van der Waals surface area contributed by atoms with E-state index in [0.29, 0.717) is 5.92 Å².